The molecule has 0 aromatic heterocycles. The summed E-state index contributed by atoms with van der Waals surface area (Å²) in [6, 6.07) is 8.77. The molecule has 1 heterocycles. The van der Waals surface area contributed by atoms with Gasteiger partial charge in [-0.05, 0) is 37.3 Å². The molecule has 0 saturated heterocycles. The summed E-state index contributed by atoms with van der Waals surface area (Å²) >= 11 is 0. The predicted octanol–water partition coefficient (Wildman–Crippen LogP) is 3.22. The minimum absolute atomic E-state index is 0.0603. The van der Waals surface area contributed by atoms with Crippen LogP contribution >= 0.6 is 0 Å². The van der Waals surface area contributed by atoms with Gasteiger partial charge in [-0.2, -0.15) is 23.3 Å². The number of benzene rings is 2. The molecule has 1 aliphatic heterocycles. The van der Waals surface area contributed by atoms with Crippen molar-refractivity contribution in [3.63, 3.8) is 0 Å². The highest BCUT2D eigenvalue weighted by Gasteiger charge is 2.47. The SMILES string of the molecule is CNC(=O)CCC[N+](C)(C)Cc1cc(C#N)ccc1[C@@H]1C(C(=O)OC)=C(C)[N+](c2cccc(C(F)(F)F)c2)=C(N)N1C(N)=O. The Kier molecular flexibility index (Phi) is 10.1. The van der Waals surface area contributed by atoms with Crippen LogP contribution in [0.3, 0.4) is 0 Å². The summed E-state index contributed by atoms with van der Waals surface area (Å²) in [5.74, 6) is -1.30. The number of hydrogen-bond donors (Lipinski definition) is 3. The molecule has 2 aromatic rings. The number of quaternary nitrogens is 1. The molecule has 0 saturated carbocycles. The molecule has 44 heavy (non-hydrogen) atoms. The Balaban J connectivity index is 2.26. The number of alkyl halides is 3. The Hall–Kier alpha value is -4.90. The monoisotopic (exact) mass is 615 g/mol. The van der Waals surface area contributed by atoms with Crippen LogP contribution in [0.4, 0.5) is 23.7 Å². The lowest BCUT2D eigenvalue weighted by Crippen LogP contribution is -2.54. The van der Waals surface area contributed by atoms with Gasteiger partial charge in [-0.15, -0.1) is 0 Å². The van der Waals surface area contributed by atoms with Gasteiger partial charge in [0.15, 0.2) is 0 Å². The largest absolute Gasteiger partial charge is 0.465 e. The summed E-state index contributed by atoms with van der Waals surface area (Å²) in [6.07, 6.45) is -3.79. The van der Waals surface area contributed by atoms with Crippen LogP contribution in [0, 0.1) is 11.3 Å². The van der Waals surface area contributed by atoms with Crippen LogP contribution in [-0.4, -0.2) is 72.6 Å². The van der Waals surface area contributed by atoms with Gasteiger partial charge in [-0.1, -0.05) is 12.1 Å². The van der Waals surface area contributed by atoms with E-state index >= 15 is 0 Å². The van der Waals surface area contributed by atoms with Crippen molar-refractivity contribution in [2.75, 3.05) is 34.8 Å². The van der Waals surface area contributed by atoms with Gasteiger partial charge in [0.05, 0.1) is 50.6 Å². The molecular weight excluding hydrogens is 579 g/mol. The number of allylic oxidation sites excluding steroid dienone is 1. The minimum Gasteiger partial charge on any atom is -0.465 e. The molecule has 0 fully saturated rings. The maximum absolute atomic E-state index is 13.6. The number of primary amides is 1. The first-order chi connectivity index (χ1) is 20.6. The highest BCUT2D eigenvalue weighted by atomic mass is 19.4. The number of hydrogen-bond acceptors (Lipinski definition) is 6. The Morgan fingerprint density at radius 1 is 1.18 bits per heavy atom. The number of nitriles is 1. The summed E-state index contributed by atoms with van der Waals surface area (Å²) < 4.78 is 47.3. The first-order valence-electron chi connectivity index (χ1n) is 13.6. The number of methoxy groups -OCH3 is 1. The third-order valence-electron chi connectivity index (χ3n) is 7.42. The Morgan fingerprint density at radius 2 is 1.86 bits per heavy atom. The fourth-order valence-corrected chi connectivity index (χ4v) is 5.32. The molecule has 1 aliphatic rings. The smallest absolute Gasteiger partial charge is 0.416 e. The van der Waals surface area contributed by atoms with E-state index in [0.717, 1.165) is 28.7 Å². The molecule has 5 N–H and O–H groups in total. The Bertz CT molecular complexity index is 1570. The molecule has 14 heteroatoms. The fraction of sp³-hybridized carbons (Fsp3) is 0.367. The van der Waals surface area contributed by atoms with E-state index in [0.29, 0.717) is 47.1 Å². The van der Waals surface area contributed by atoms with E-state index < -0.39 is 29.8 Å². The summed E-state index contributed by atoms with van der Waals surface area (Å²) in [4.78, 5) is 39.1. The van der Waals surface area contributed by atoms with Crippen LogP contribution in [0.1, 0.15) is 48.1 Å². The maximum atomic E-state index is 13.6. The van der Waals surface area contributed by atoms with Gasteiger partial charge in [-0.3, -0.25) is 10.5 Å². The van der Waals surface area contributed by atoms with E-state index in [9.17, 15) is 32.8 Å². The zero-order valence-electron chi connectivity index (χ0n) is 25.2. The molecule has 11 nitrogen and oxygen atoms in total. The van der Waals surface area contributed by atoms with E-state index in [2.05, 4.69) is 11.4 Å². The van der Waals surface area contributed by atoms with Gasteiger partial charge in [0.25, 0.3) is 0 Å². The van der Waals surface area contributed by atoms with Crippen molar-refractivity contribution >= 4 is 29.6 Å². The molecule has 0 radical (unpaired) electrons. The molecule has 0 bridgehead atoms. The second-order valence-corrected chi connectivity index (χ2v) is 11.0. The van der Waals surface area contributed by atoms with Gasteiger partial charge in [-0.25, -0.2) is 14.2 Å². The quantitative estimate of drug-likeness (QED) is 0.224. The van der Waals surface area contributed by atoms with E-state index in [1.807, 2.05) is 14.1 Å². The van der Waals surface area contributed by atoms with E-state index in [-0.39, 0.29) is 28.8 Å². The van der Waals surface area contributed by atoms with Crippen molar-refractivity contribution in [2.45, 2.75) is 38.5 Å². The summed E-state index contributed by atoms with van der Waals surface area (Å²) in [6.45, 7) is 2.36. The van der Waals surface area contributed by atoms with Gasteiger partial charge in [0.1, 0.15) is 23.8 Å². The normalized spacial score (nSPS) is 15.6. The topological polar surface area (TPSA) is 155 Å². The van der Waals surface area contributed by atoms with Crippen LogP contribution in [0.2, 0.25) is 0 Å². The molecule has 0 spiro atoms. The number of amides is 3. The molecular formula is C30H36F3N7O4+2. The van der Waals surface area contributed by atoms with Crippen LogP contribution < -0.4 is 16.8 Å². The fourth-order valence-electron chi connectivity index (χ4n) is 5.32. The third kappa shape index (κ3) is 7.17. The number of nitrogens with one attached hydrogen (secondary N) is 1. The minimum atomic E-state index is -4.67. The Labute approximate surface area is 253 Å². The number of carbonyl (C=O) groups is 3. The van der Waals surface area contributed by atoms with Crippen molar-refractivity contribution in [1.29, 1.82) is 5.26 Å². The van der Waals surface area contributed by atoms with Crippen molar-refractivity contribution in [3.8, 4) is 6.07 Å². The van der Waals surface area contributed by atoms with Gasteiger partial charge in [0, 0.05) is 31.0 Å². The first kappa shape index (κ1) is 33.6. The number of halogens is 3. The van der Waals surface area contributed by atoms with Crippen molar-refractivity contribution < 1.29 is 41.4 Å². The van der Waals surface area contributed by atoms with Gasteiger partial charge in [0.2, 0.25) is 5.91 Å². The predicted molar refractivity (Wildman–Crippen MR) is 155 cm³/mol. The maximum Gasteiger partial charge on any atom is 0.416 e. The highest BCUT2D eigenvalue weighted by Crippen LogP contribution is 2.40. The van der Waals surface area contributed by atoms with E-state index in [1.165, 1.54) is 25.1 Å². The standard InChI is InChI=1S/C30H34F3N7O4/c1-18-25(27(42)44-5)26(39(29(36)43)28(35)38(18)22-9-6-8-21(15-22)30(31,32)33)23-12-11-19(16-34)14-20(23)17-40(3,4)13-7-10-24(41)37-2/h6,8-9,11-12,14-15,26,35H,7,10,13,17H2,1-5H3,(H2-,36,37,41,43)/p+2/t26-/m1/s1. The lowest BCUT2D eigenvalue weighted by Gasteiger charge is -2.35. The van der Waals surface area contributed by atoms with Crippen molar-refractivity contribution in [1.82, 2.24) is 10.2 Å². The summed E-state index contributed by atoms with van der Waals surface area (Å²) in [5, 5.41) is 12.2. The number of carbonyl (C=O) groups excluding carboxylic acids is 3. The van der Waals surface area contributed by atoms with Crippen molar-refractivity contribution in [3.05, 3.63) is 76.0 Å². The molecule has 3 amide bonds. The van der Waals surface area contributed by atoms with E-state index in [1.54, 1.807) is 19.2 Å². The zero-order chi connectivity index (χ0) is 33.0. The van der Waals surface area contributed by atoms with Crippen LogP contribution in [0.15, 0.2) is 53.7 Å². The average Bonchev–Trinajstić information content (AvgIpc) is 2.95. The van der Waals surface area contributed by atoms with Crippen LogP contribution in [0.5, 0.6) is 0 Å². The lowest BCUT2D eigenvalue weighted by atomic mass is 9.89. The first-order valence-corrected chi connectivity index (χ1v) is 13.6. The van der Waals surface area contributed by atoms with Crippen LogP contribution in [0.25, 0.3) is 0 Å². The highest BCUT2D eigenvalue weighted by molar-refractivity contribution is 5.99. The van der Waals surface area contributed by atoms with Crippen LogP contribution in [-0.2, 0) is 27.0 Å². The number of urea groups is 1. The molecule has 0 unspecified atom stereocenters. The molecule has 2 aromatic carbocycles. The number of ether oxygens (including phenoxy) is 1. The average molecular weight is 616 g/mol. The molecule has 234 valence electrons. The number of esters is 1. The number of rotatable bonds is 9. The lowest BCUT2D eigenvalue weighted by molar-refractivity contribution is -0.903. The van der Waals surface area contributed by atoms with Gasteiger partial charge >= 0.3 is 24.1 Å². The molecule has 3 rings (SSSR count). The molecule has 0 aliphatic carbocycles. The Morgan fingerprint density at radius 3 is 2.43 bits per heavy atom. The second-order valence-electron chi connectivity index (χ2n) is 11.0. The summed E-state index contributed by atoms with van der Waals surface area (Å²) in [5.41, 5.74) is 12.6. The molecule has 1 atom stereocenters. The summed E-state index contributed by atoms with van der Waals surface area (Å²) in [7, 11) is 6.55. The van der Waals surface area contributed by atoms with Crippen molar-refractivity contribution in [2.24, 2.45) is 11.5 Å². The number of guanidine groups is 1. The van der Waals surface area contributed by atoms with E-state index in [4.69, 9.17) is 16.2 Å². The van der Waals surface area contributed by atoms with Gasteiger partial charge < -0.3 is 20.3 Å². The second kappa shape index (κ2) is 13.2. The number of nitrogens with zero attached hydrogens (tertiary/aromatic N) is 4. The zero-order valence-corrected chi connectivity index (χ0v) is 25.2. The number of nitrogens with two attached hydrogens (primary N) is 2. The third-order valence-corrected chi connectivity index (χ3v) is 7.42.